The van der Waals surface area contributed by atoms with Crippen molar-refractivity contribution in [2.24, 2.45) is 0 Å². The van der Waals surface area contributed by atoms with E-state index in [1.54, 1.807) is 11.3 Å². The minimum absolute atomic E-state index is 0.903. The van der Waals surface area contributed by atoms with Crippen LogP contribution in [0.5, 0.6) is 0 Å². The predicted octanol–water partition coefficient (Wildman–Crippen LogP) is 2.96. The first-order valence-electron chi connectivity index (χ1n) is 6.07. The lowest BCUT2D eigenvalue weighted by atomic mass is 10.1. The van der Waals surface area contributed by atoms with E-state index >= 15 is 0 Å². The van der Waals surface area contributed by atoms with Crippen molar-refractivity contribution in [1.82, 2.24) is 15.3 Å². The quantitative estimate of drug-likeness (QED) is 0.690. The Bertz CT molecular complexity index is 613. The lowest BCUT2D eigenvalue weighted by molar-refractivity contribution is 0.685. The van der Waals surface area contributed by atoms with E-state index < -0.39 is 0 Å². The summed E-state index contributed by atoms with van der Waals surface area (Å²) in [4.78, 5) is 7.50. The summed E-state index contributed by atoms with van der Waals surface area (Å²) in [5.74, 6) is 0. The Hall–Kier alpha value is -1.65. The number of aromatic amines is 1. The van der Waals surface area contributed by atoms with Gasteiger partial charge in [0, 0.05) is 42.8 Å². The van der Waals surface area contributed by atoms with E-state index in [4.69, 9.17) is 0 Å². The number of fused-ring (bicyclic) bond motifs is 1. The third-order valence-electron chi connectivity index (χ3n) is 2.95. The Morgan fingerprint density at radius 2 is 2.28 bits per heavy atom. The number of benzene rings is 1. The average Bonchev–Trinajstić information content (AvgIpc) is 3.05. The van der Waals surface area contributed by atoms with Crippen LogP contribution < -0.4 is 5.32 Å². The molecule has 1 aromatic carbocycles. The van der Waals surface area contributed by atoms with Crippen LogP contribution in [0.15, 0.2) is 42.0 Å². The van der Waals surface area contributed by atoms with E-state index in [-0.39, 0.29) is 0 Å². The number of rotatable bonds is 5. The highest BCUT2D eigenvalue weighted by atomic mass is 32.1. The van der Waals surface area contributed by atoms with Crippen molar-refractivity contribution in [1.29, 1.82) is 0 Å². The third-order valence-corrected chi connectivity index (χ3v) is 3.79. The predicted molar refractivity (Wildman–Crippen MR) is 75.8 cm³/mol. The van der Waals surface area contributed by atoms with Crippen LogP contribution in [0.25, 0.3) is 10.9 Å². The van der Waals surface area contributed by atoms with Gasteiger partial charge >= 0.3 is 0 Å². The molecule has 2 N–H and O–H groups in total. The van der Waals surface area contributed by atoms with Gasteiger partial charge in [0.1, 0.15) is 0 Å². The summed E-state index contributed by atoms with van der Waals surface area (Å²) >= 11 is 1.72. The van der Waals surface area contributed by atoms with E-state index in [0.29, 0.717) is 0 Å². The van der Waals surface area contributed by atoms with Gasteiger partial charge in [-0.15, -0.1) is 11.3 Å². The molecule has 3 nitrogen and oxygen atoms in total. The second kappa shape index (κ2) is 5.33. The van der Waals surface area contributed by atoms with Crippen LogP contribution in [-0.4, -0.2) is 16.5 Å². The van der Waals surface area contributed by atoms with Crippen LogP contribution in [0.3, 0.4) is 0 Å². The largest absolute Gasteiger partial charge is 0.361 e. The molecule has 92 valence electrons. The van der Waals surface area contributed by atoms with Crippen LogP contribution >= 0.6 is 11.3 Å². The summed E-state index contributed by atoms with van der Waals surface area (Å²) in [5, 5.41) is 7.93. The molecule has 2 aromatic heterocycles. The maximum atomic E-state index is 4.27. The molecule has 0 bridgehead atoms. The summed E-state index contributed by atoms with van der Waals surface area (Å²) in [6, 6.07) is 8.62. The fourth-order valence-corrected chi connectivity index (χ4v) is 2.63. The second-order valence-corrected chi connectivity index (χ2v) is 5.23. The highest BCUT2D eigenvalue weighted by Crippen LogP contribution is 2.13. The molecule has 3 rings (SSSR count). The van der Waals surface area contributed by atoms with Gasteiger partial charge in [0.25, 0.3) is 0 Å². The van der Waals surface area contributed by atoms with Crippen molar-refractivity contribution in [3.63, 3.8) is 0 Å². The molecule has 0 saturated heterocycles. The van der Waals surface area contributed by atoms with Crippen LogP contribution in [0.2, 0.25) is 0 Å². The first-order valence-corrected chi connectivity index (χ1v) is 6.95. The molecular weight excluding hydrogens is 242 g/mol. The fraction of sp³-hybridized carbons (Fsp3) is 0.214. The highest BCUT2D eigenvalue weighted by molar-refractivity contribution is 7.09. The van der Waals surface area contributed by atoms with E-state index in [2.05, 4.69) is 39.6 Å². The Balaban J connectivity index is 1.53. The van der Waals surface area contributed by atoms with E-state index in [0.717, 1.165) is 19.5 Å². The third kappa shape index (κ3) is 2.60. The zero-order valence-corrected chi connectivity index (χ0v) is 10.8. The van der Waals surface area contributed by atoms with Gasteiger partial charge in [-0.2, -0.15) is 0 Å². The zero-order valence-electron chi connectivity index (χ0n) is 10.0. The number of nitrogens with zero attached hydrogens (tertiary/aromatic N) is 1. The van der Waals surface area contributed by atoms with E-state index in [9.17, 15) is 0 Å². The summed E-state index contributed by atoms with van der Waals surface area (Å²) < 4.78 is 0. The molecule has 4 heteroatoms. The maximum absolute atomic E-state index is 4.27. The Morgan fingerprint density at radius 3 is 3.17 bits per heavy atom. The number of aromatic nitrogens is 2. The van der Waals surface area contributed by atoms with Crippen molar-refractivity contribution >= 4 is 22.2 Å². The van der Waals surface area contributed by atoms with Gasteiger partial charge in [-0.1, -0.05) is 12.1 Å². The molecule has 0 aliphatic heterocycles. The monoisotopic (exact) mass is 257 g/mol. The lowest BCUT2D eigenvalue weighted by Crippen LogP contribution is -2.16. The van der Waals surface area contributed by atoms with E-state index in [1.807, 2.05) is 17.8 Å². The Kier molecular flexibility index (Phi) is 3.39. The first kappa shape index (κ1) is 11.4. The zero-order chi connectivity index (χ0) is 12.2. The summed E-state index contributed by atoms with van der Waals surface area (Å²) in [5.41, 5.74) is 2.51. The van der Waals surface area contributed by atoms with Gasteiger partial charge in [-0.05, 0) is 23.1 Å². The molecule has 0 saturated carbocycles. The maximum Gasteiger partial charge on any atom is 0.0937 e. The number of hydrogen-bond acceptors (Lipinski definition) is 3. The highest BCUT2D eigenvalue weighted by Gasteiger charge is 1.98. The van der Waals surface area contributed by atoms with Crippen molar-refractivity contribution in [2.75, 3.05) is 6.54 Å². The van der Waals surface area contributed by atoms with Crippen molar-refractivity contribution < 1.29 is 0 Å². The molecule has 2 heterocycles. The lowest BCUT2D eigenvalue weighted by Gasteiger charge is -2.04. The number of H-pyrrole nitrogens is 1. The Labute approximate surface area is 110 Å². The van der Waals surface area contributed by atoms with Gasteiger partial charge in [0.15, 0.2) is 0 Å². The molecule has 0 amide bonds. The number of nitrogens with one attached hydrogen (secondary N) is 2. The van der Waals surface area contributed by atoms with Crippen molar-refractivity contribution in [3.05, 3.63) is 52.6 Å². The molecule has 0 aliphatic carbocycles. The first-order chi connectivity index (χ1) is 8.92. The molecule has 0 atom stereocenters. The number of hydrogen-bond donors (Lipinski definition) is 2. The SMILES string of the molecule is c1csc(CCNCc2ccc3cc[nH]c3c2)n1. The topological polar surface area (TPSA) is 40.7 Å². The molecule has 0 unspecified atom stereocenters. The molecule has 18 heavy (non-hydrogen) atoms. The van der Waals surface area contributed by atoms with Gasteiger partial charge < -0.3 is 10.3 Å². The fourth-order valence-electron chi connectivity index (χ4n) is 2.01. The number of thiazole rings is 1. The van der Waals surface area contributed by atoms with Gasteiger partial charge in [0.2, 0.25) is 0 Å². The van der Waals surface area contributed by atoms with Crippen LogP contribution in [0, 0.1) is 0 Å². The van der Waals surface area contributed by atoms with Crippen molar-refractivity contribution in [2.45, 2.75) is 13.0 Å². The summed E-state index contributed by atoms with van der Waals surface area (Å²) in [7, 11) is 0. The molecule has 0 fully saturated rings. The van der Waals surface area contributed by atoms with Crippen LogP contribution in [-0.2, 0) is 13.0 Å². The molecule has 0 spiro atoms. The van der Waals surface area contributed by atoms with Gasteiger partial charge in [-0.3, -0.25) is 0 Å². The average molecular weight is 257 g/mol. The minimum Gasteiger partial charge on any atom is -0.361 e. The standard InChI is InChI=1S/C14H15N3S/c1-2-12-3-6-16-13(12)9-11(1)10-15-5-4-14-17-7-8-18-14/h1-3,6-9,15-16H,4-5,10H2. The summed E-state index contributed by atoms with van der Waals surface area (Å²) in [6.45, 7) is 1.87. The molecule has 0 radical (unpaired) electrons. The second-order valence-electron chi connectivity index (χ2n) is 4.25. The minimum atomic E-state index is 0.903. The molecule has 3 aromatic rings. The van der Waals surface area contributed by atoms with E-state index in [1.165, 1.54) is 21.5 Å². The van der Waals surface area contributed by atoms with Gasteiger partial charge in [0.05, 0.1) is 5.01 Å². The Morgan fingerprint density at radius 1 is 1.28 bits per heavy atom. The summed E-state index contributed by atoms with van der Waals surface area (Å²) in [6.07, 6.45) is 4.84. The van der Waals surface area contributed by atoms with Gasteiger partial charge in [-0.25, -0.2) is 4.98 Å². The molecule has 0 aliphatic rings. The normalized spacial score (nSPS) is 11.1. The van der Waals surface area contributed by atoms with Crippen LogP contribution in [0.1, 0.15) is 10.6 Å². The van der Waals surface area contributed by atoms with Crippen molar-refractivity contribution in [3.8, 4) is 0 Å². The molecular formula is C14H15N3S. The smallest absolute Gasteiger partial charge is 0.0937 e. The van der Waals surface area contributed by atoms with Crippen LogP contribution in [0.4, 0.5) is 0 Å².